The average molecular weight is 366 g/mol. The third-order valence-electron chi connectivity index (χ3n) is 2.28. The first-order valence-electron chi connectivity index (χ1n) is 4.86. The molecule has 1 aromatic heterocycles. The van der Waals surface area contributed by atoms with E-state index in [0.717, 1.165) is 3.79 Å². The van der Waals surface area contributed by atoms with Gasteiger partial charge < -0.3 is 4.74 Å². The average Bonchev–Trinajstić information content (AvgIpc) is 2.68. The summed E-state index contributed by atoms with van der Waals surface area (Å²) in [6.07, 6.45) is 0. The zero-order valence-corrected chi connectivity index (χ0v) is 13.1. The molecule has 0 atom stereocenters. The number of ketones is 1. The zero-order valence-electron chi connectivity index (χ0n) is 9.17. The number of methoxy groups -OCH3 is 1. The number of rotatable bonds is 3. The van der Waals surface area contributed by atoms with E-state index >= 15 is 0 Å². The first-order valence-corrected chi connectivity index (χ1v) is 7.22. The highest BCUT2D eigenvalue weighted by molar-refractivity contribution is 9.11. The lowest BCUT2D eigenvalue weighted by molar-refractivity contribution is 0.103. The van der Waals surface area contributed by atoms with E-state index in [-0.39, 0.29) is 5.78 Å². The molecule has 2 nitrogen and oxygen atoms in total. The fourth-order valence-electron chi connectivity index (χ4n) is 1.44. The molecule has 0 aliphatic carbocycles. The maximum Gasteiger partial charge on any atom is 0.206 e. The molecule has 18 heavy (non-hydrogen) atoms. The van der Waals surface area contributed by atoms with Crippen molar-refractivity contribution in [2.45, 2.75) is 0 Å². The van der Waals surface area contributed by atoms with Crippen molar-refractivity contribution in [3.63, 3.8) is 0 Å². The molecule has 1 aromatic carbocycles. The maximum atomic E-state index is 12.3. The largest absolute Gasteiger partial charge is 0.496 e. The van der Waals surface area contributed by atoms with E-state index in [4.69, 9.17) is 27.9 Å². The van der Waals surface area contributed by atoms with E-state index in [1.165, 1.54) is 18.4 Å². The summed E-state index contributed by atoms with van der Waals surface area (Å²) in [5, 5.41) is 1.05. The molecule has 0 fully saturated rings. The Kier molecular flexibility index (Phi) is 4.33. The van der Waals surface area contributed by atoms with Crippen LogP contribution in [0.3, 0.4) is 0 Å². The number of carbonyl (C=O) groups is 1. The fourth-order valence-corrected chi connectivity index (χ4v) is 3.26. The van der Waals surface area contributed by atoms with E-state index in [0.29, 0.717) is 26.2 Å². The number of carbonyl (C=O) groups excluding carboxylic acids is 1. The normalized spacial score (nSPS) is 10.4. The van der Waals surface area contributed by atoms with Gasteiger partial charge in [-0.3, -0.25) is 4.79 Å². The van der Waals surface area contributed by atoms with E-state index < -0.39 is 0 Å². The molecule has 0 radical (unpaired) electrons. The van der Waals surface area contributed by atoms with Crippen LogP contribution in [-0.4, -0.2) is 12.9 Å². The summed E-state index contributed by atoms with van der Waals surface area (Å²) in [5.41, 5.74) is 0.465. The van der Waals surface area contributed by atoms with E-state index in [9.17, 15) is 4.79 Å². The number of ether oxygens (including phenoxy) is 1. The van der Waals surface area contributed by atoms with Crippen molar-refractivity contribution in [3.05, 3.63) is 48.5 Å². The van der Waals surface area contributed by atoms with Gasteiger partial charge in [0.15, 0.2) is 0 Å². The number of hydrogen-bond acceptors (Lipinski definition) is 3. The minimum atomic E-state index is -0.138. The minimum Gasteiger partial charge on any atom is -0.496 e. The summed E-state index contributed by atoms with van der Waals surface area (Å²) in [5.74, 6) is 0.314. The molecule has 0 aliphatic heterocycles. The Bertz CT molecular complexity index is 591. The summed E-state index contributed by atoms with van der Waals surface area (Å²) in [6.45, 7) is 0. The molecule has 1 heterocycles. The quantitative estimate of drug-likeness (QED) is 0.711. The van der Waals surface area contributed by atoms with Crippen molar-refractivity contribution in [3.8, 4) is 5.75 Å². The molecule has 0 saturated heterocycles. The minimum absolute atomic E-state index is 0.138. The lowest BCUT2D eigenvalue weighted by Gasteiger charge is -2.06. The summed E-state index contributed by atoms with van der Waals surface area (Å²) in [4.78, 5) is 12.9. The van der Waals surface area contributed by atoms with E-state index in [1.54, 1.807) is 24.3 Å². The van der Waals surface area contributed by atoms with Gasteiger partial charge in [-0.1, -0.05) is 23.2 Å². The molecule has 0 unspecified atom stereocenters. The van der Waals surface area contributed by atoms with Gasteiger partial charge in [0.05, 0.1) is 26.4 Å². The first kappa shape index (κ1) is 13.9. The van der Waals surface area contributed by atoms with E-state index in [2.05, 4.69) is 15.9 Å². The Labute approximate surface area is 127 Å². The molecule has 0 amide bonds. The van der Waals surface area contributed by atoms with Crippen LogP contribution < -0.4 is 4.74 Å². The Morgan fingerprint density at radius 1 is 1.33 bits per heavy atom. The smallest absolute Gasteiger partial charge is 0.206 e. The van der Waals surface area contributed by atoms with Crippen molar-refractivity contribution in [2.24, 2.45) is 0 Å². The highest BCUT2D eigenvalue weighted by atomic mass is 79.9. The van der Waals surface area contributed by atoms with Gasteiger partial charge in [0.2, 0.25) is 5.78 Å². The van der Waals surface area contributed by atoms with Crippen molar-refractivity contribution in [2.75, 3.05) is 7.11 Å². The van der Waals surface area contributed by atoms with Gasteiger partial charge in [0, 0.05) is 5.02 Å². The van der Waals surface area contributed by atoms with Crippen LogP contribution in [0.15, 0.2) is 28.1 Å². The molecular weight excluding hydrogens is 359 g/mol. The van der Waals surface area contributed by atoms with Gasteiger partial charge >= 0.3 is 0 Å². The maximum absolute atomic E-state index is 12.3. The molecule has 0 aliphatic rings. The topological polar surface area (TPSA) is 26.3 Å². The lowest BCUT2D eigenvalue weighted by Crippen LogP contribution is -2.01. The molecule has 0 spiro atoms. The second-order valence-electron chi connectivity index (χ2n) is 3.41. The Morgan fingerprint density at radius 3 is 2.61 bits per heavy atom. The predicted octanol–water partition coefficient (Wildman–Crippen LogP) is 5.06. The van der Waals surface area contributed by atoms with Gasteiger partial charge in [-0.15, -0.1) is 11.3 Å². The summed E-state index contributed by atoms with van der Waals surface area (Å²) in [6, 6.07) is 6.54. The Morgan fingerprint density at radius 2 is 2.06 bits per heavy atom. The van der Waals surface area contributed by atoms with Crippen LogP contribution in [0.4, 0.5) is 0 Å². The number of thiophene rings is 1. The molecule has 2 aromatic rings. The summed E-state index contributed by atoms with van der Waals surface area (Å²) >= 11 is 16.4. The summed E-state index contributed by atoms with van der Waals surface area (Å²) < 4.78 is 5.90. The van der Waals surface area contributed by atoms with E-state index in [1.807, 2.05) is 0 Å². The number of benzene rings is 1. The van der Waals surface area contributed by atoms with Crippen LogP contribution in [0.5, 0.6) is 5.75 Å². The van der Waals surface area contributed by atoms with Crippen molar-refractivity contribution in [1.29, 1.82) is 0 Å². The highest BCUT2D eigenvalue weighted by Gasteiger charge is 2.18. The Balaban J connectivity index is 2.45. The second kappa shape index (κ2) is 5.61. The molecule has 94 valence electrons. The van der Waals surface area contributed by atoms with Crippen molar-refractivity contribution < 1.29 is 9.53 Å². The molecular formula is C12H7BrCl2O2S. The molecule has 2 rings (SSSR count). The number of hydrogen-bond donors (Lipinski definition) is 0. The van der Waals surface area contributed by atoms with Crippen LogP contribution in [-0.2, 0) is 0 Å². The molecule has 0 N–H and O–H groups in total. The van der Waals surface area contributed by atoms with Crippen molar-refractivity contribution in [1.82, 2.24) is 0 Å². The fraction of sp³-hybridized carbons (Fsp3) is 0.0833. The van der Waals surface area contributed by atoms with Gasteiger partial charge in [0.1, 0.15) is 5.75 Å². The van der Waals surface area contributed by atoms with Gasteiger partial charge in [0.25, 0.3) is 0 Å². The third kappa shape index (κ3) is 2.72. The van der Waals surface area contributed by atoms with Gasteiger partial charge in [-0.2, -0.15) is 0 Å². The monoisotopic (exact) mass is 364 g/mol. The second-order valence-corrected chi connectivity index (χ2v) is 6.62. The zero-order chi connectivity index (χ0) is 13.3. The van der Waals surface area contributed by atoms with Gasteiger partial charge in [-0.25, -0.2) is 0 Å². The van der Waals surface area contributed by atoms with Crippen molar-refractivity contribution >= 4 is 56.3 Å². The Hall–Kier alpha value is -0.550. The lowest BCUT2D eigenvalue weighted by atomic mass is 10.1. The van der Waals surface area contributed by atoms with Crippen LogP contribution in [0.25, 0.3) is 0 Å². The standard InChI is InChI=1S/C12H7BrCl2O2S/c1-17-9-4-6(14)2-3-7(9)11(16)10-5-8(15)12(13)18-10/h2-5H,1H3. The van der Waals surface area contributed by atoms with Crippen LogP contribution in [0, 0.1) is 0 Å². The SMILES string of the molecule is COc1cc(Cl)ccc1C(=O)c1cc(Cl)c(Br)s1. The molecule has 0 bridgehead atoms. The highest BCUT2D eigenvalue weighted by Crippen LogP contribution is 2.35. The molecule has 0 saturated carbocycles. The van der Waals surface area contributed by atoms with Gasteiger partial charge in [-0.05, 0) is 40.2 Å². The number of halogens is 3. The first-order chi connectivity index (χ1) is 8.52. The van der Waals surface area contributed by atoms with Crippen LogP contribution >= 0.6 is 50.5 Å². The third-order valence-corrected chi connectivity index (χ3v) is 4.99. The van der Waals surface area contributed by atoms with Crippen LogP contribution in [0.1, 0.15) is 15.2 Å². The summed E-state index contributed by atoms with van der Waals surface area (Å²) in [7, 11) is 1.50. The molecule has 6 heteroatoms. The predicted molar refractivity (Wildman–Crippen MR) is 78.5 cm³/mol. The van der Waals surface area contributed by atoms with Crippen LogP contribution in [0.2, 0.25) is 10.0 Å².